The van der Waals surface area contributed by atoms with Gasteiger partial charge in [-0.15, -0.1) is 0 Å². The molecule has 116 valence electrons. The van der Waals surface area contributed by atoms with E-state index in [0.29, 0.717) is 19.1 Å². The molecule has 0 radical (unpaired) electrons. The van der Waals surface area contributed by atoms with Crippen molar-refractivity contribution in [2.24, 2.45) is 0 Å². The second-order valence-corrected chi connectivity index (χ2v) is 5.68. The van der Waals surface area contributed by atoms with Gasteiger partial charge in [0.25, 0.3) is 0 Å². The van der Waals surface area contributed by atoms with Crippen molar-refractivity contribution >= 4 is 5.91 Å². The minimum absolute atomic E-state index is 0.0942. The molecule has 2 rings (SSSR count). The van der Waals surface area contributed by atoms with Crippen molar-refractivity contribution in [1.82, 2.24) is 10.6 Å². The topological polar surface area (TPSA) is 50.4 Å². The Bertz CT molecular complexity index is 470. The molecule has 1 amide bonds. The molecule has 1 aromatic carbocycles. The first-order valence-corrected chi connectivity index (χ1v) is 7.92. The maximum absolute atomic E-state index is 11.7. The Morgan fingerprint density at radius 2 is 2.19 bits per heavy atom. The molecule has 1 aromatic rings. The van der Waals surface area contributed by atoms with Crippen molar-refractivity contribution in [1.29, 1.82) is 0 Å². The molecule has 0 saturated heterocycles. The van der Waals surface area contributed by atoms with Crippen molar-refractivity contribution in [3.63, 3.8) is 0 Å². The summed E-state index contributed by atoms with van der Waals surface area (Å²) in [6, 6.07) is 6.59. The Hall–Kier alpha value is -1.55. The summed E-state index contributed by atoms with van der Waals surface area (Å²) in [5.74, 6) is 1.01. The van der Waals surface area contributed by atoms with E-state index in [1.165, 1.54) is 0 Å². The summed E-state index contributed by atoms with van der Waals surface area (Å²) in [7, 11) is 0. The number of para-hydroxylation sites is 1. The first-order chi connectivity index (χ1) is 10.2. The minimum atomic E-state index is 0.0942. The van der Waals surface area contributed by atoms with Gasteiger partial charge in [0, 0.05) is 18.2 Å². The van der Waals surface area contributed by atoms with Gasteiger partial charge in [-0.05, 0) is 38.3 Å². The molecule has 0 atom stereocenters. The minimum Gasteiger partial charge on any atom is -0.492 e. The summed E-state index contributed by atoms with van der Waals surface area (Å²) >= 11 is 0. The molecule has 4 nitrogen and oxygen atoms in total. The largest absolute Gasteiger partial charge is 0.492 e. The van der Waals surface area contributed by atoms with E-state index in [0.717, 1.165) is 49.2 Å². The van der Waals surface area contributed by atoms with E-state index >= 15 is 0 Å². The molecule has 0 aliphatic heterocycles. The second kappa shape index (κ2) is 8.03. The number of ether oxygens (including phenoxy) is 1. The molecular weight excluding hydrogens is 264 g/mol. The number of nitrogens with one attached hydrogen (secondary N) is 2. The van der Waals surface area contributed by atoms with Crippen molar-refractivity contribution in [2.45, 2.75) is 52.1 Å². The van der Waals surface area contributed by atoms with Gasteiger partial charge < -0.3 is 15.4 Å². The number of carbonyl (C=O) groups excluding carboxylic acids is 1. The molecule has 0 bridgehead atoms. The third kappa shape index (κ3) is 5.38. The van der Waals surface area contributed by atoms with Crippen molar-refractivity contribution in [3.8, 4) is 5.75 Å². The molecule has 1 aliphatic rings. The Morgan fingerprint density at radius 3 is 2.90 bits per heavy atom. The number of rotatable bonds is 9. The number of hydrogen-bond acceptors (Lipinski definition) is 3. The van der Waals surface area contributed by atoms with E-state index in [-0.39, 0.29) is 5.91 Å². The van der Waals surface area contributed by atoms with E-state index in [2.05, 4.69) is 23.6 Å². The Kier molecular flexibility index (Phi) is 6.05. The van der Waals surface area contributed by atoms with Crippen LogP contribution in [-0.2, 0) is 11.3 Å². The molecule has 0 spiro atoms. The molecule has 1 aliphatic carbocycles. The number of benzene rings is 1. The van der Waals surface area contributed by atoms with Crippen LogP contribution in [0.25, 0.3) is 0 Å². The molecule has 21 heavy (non-hydrogen) atoms. The van der Waals surface area contributed by atoms with Gasteiger partial charge in [0.2, 0.25) is 5.91 Å². The molecule has 0 unspecified atom stereocenters. The van der Waals surface area contributed by atoms with E-state index < -0.39 is 0 Å². The van der Waals surface area contributed by atoms with Crippen LogP contribution in [-0.4, -0.2) is 25.1 Å². The average molecular weight is 290 g/mol. The summed E-state index contributed by atoms with van der Waals surface area (Å²) in [6.45, 7) is 6.43. The SMILES string of the molecule is CCCNCc1cccc(C)c1OCCC(=O)NC1CC1. The molecule has 4 heteroatoms. The lowest BCUT2D eigenvalue weighted by Gasteiger charge is -2.14. The fraction of sp³-hybridized carbons (Fsp3) is 0.588. The van der Waals surface area contributed by atoms with Crippen LogP contribution in [0.4, 0.5) is 0 Å². The van der Waals surface area contributed by atoms with Gasteiger partial charge in [0.05, 0.1) is 13.0 Å². The van der Waals surface area contributed by atoms with Gasteiger partial charge in [0.15, 0.2) is 0 Å². The maximum Gasteiger partial charge on any atom is 0.223 e. The lowest BCUT2D eigenvalue weighted by molar-refractivity contribution is -0.121. The van der Waals surface area contributed by atoms with Crippen LogP contribution >= 0.6 is 0 Å². The summed E-state index contributed by atoms with van der Waals surface area (Å²) in [4.78, 5) is 11.7. The number of hydrogen-bond donors (Lipinski definition) is 2. The molecule has 0 aromatic heterocycles. The molecular formula is C17H26N2O2. The summed E-state index contributed by atoms with van der Waals surface area (Å²) < 4.78 is 5.87. The smallest absolute Gasteiger partial charge is 0.223 e. The van der Waals surface area contributed by atoms with Crippen LogP contribution in [0.2, 0.25) is 0 Å². The van der Waals surface area contributed by atoms with Crippen LogP contribution in [0, 0.1) is 6.92 Å². The van der Waals surface area contributed by atoms with Gasteiger partial charge >= 0.3 is 0 Å². The van der Waals surface area contributed by atoms with Crippen LogP contribution in [0.5, 0.6) is 5.75 Å². The molecule has 2 N–H and O–H groups in total. The van der Waals surface area contributed by atoms with Crippen LogP contribution in [0.1, 0.15) is 43.7 Å². The highest BCUT2D eigenvalue weighted by Gasteiger charge is 2.22. The van der Waals surface area contributed by atoms with Crippen LogP contribution < -0.4 is 15.4 Å². The number of aryl methyl sites for hydroxylation is 1. The fourth-order valence-electron chi connectivity index (χ4n) is 2.23. The number of carbonyl (C=O) groups is 1. The van der Waals surface area contributed by atoms with Gasteiger partial charge in [0.1, 0.15) is 5.75 Å². The Morgan fingerprint density at radius 1 is 1.38 bits per heavy atom. The lowest BCUT2D eigenvalue weighted by Crippen LogP contribution is -2.26. The van der Waals surface area contributed by atoms with Gasteiger partial charge in [-0.2, -0.15) is 0 Å². The van der Waals surface area contributed by atoms with Crippen molar-refractivity contribution < 1.29 is 9.53 Å². The quantitative estimate of drug-likeness (QED) is 0.687. The summed E-state index contributed by atoms with van der Waals surface area (Å²) in [5, 5.41) is 6.37. The van der Waals surface area contributed by atoms with Crippen molar-refractivity contribution in [2.75, 3.05) is 13.2 Å². The third-order valence-electron chi connectivity index (χ3n) is 3.55. The molecule has 1 fully saturated rings. The van der Waals surface area contributed by atoms with Crippen LogP contribution in [0.15, 0.2) is 18.2 Å². The van der Waals surface area contributed by atoms with Gasteiger partial charge in [-0.1, -0.05) is 25.1 Å². The molecule has 1 saturated carbocycles. The normalized spacial score (nSPS) is 14.0. The second-order valence-electron chi connectivity index (χ2n) is 5.68. The van der Waals surface area contributed by atoms with Gasteiger partial charge in [-0.25, -0.2) is 0 Å². The predicted octanol–water partition coefficient (Wildman–Crippen LogP) is 2.54. The highest BCUT2D eigenvalue weighted by atomic mass is 16.5. The lowest BCUT2D eigenvalue weighted by atomic mass is 10.1. The zero-order valence-corrected chi connectivity index (χ0v) is 13.1. The first-order valence-electron chi connectivity index (χ1n) is 7.92. The maximum atomic E-state index is 11.7. The van der Waals surface area contributed by atoms with E-state index in [4.69, 9.17) is 4.74 Å². The van der Waals surface area contributed by atoms with Crippen LogP contribution in [0.3, 0.4) is 0 Å². The Balaban J connectivity index is 1.83. The zero-order chi connectivity index (χ0) is 15.1. The van der Waals surface area contributed by atoms with Crippen molar-refractivity contribution in [3.05, 3.63) is 29.3 Å². The highest BCUT2D eigenvalue weighted by molar-refractivity contribution is 5.76. The standard InChI is InChI=1S/C17H26N2O2/c1-3-10-18-12-14-6-4-5-13(2)17(14)21-11-9-16(20)19-15-7-8-15/h4-6,15,18H,3,7-12H2,1-2H3,(H,19,20). The van der Waals surface area contributed by atoms with E-state index in [1.54, 1.807) is 0 Å². The van der Waals surface area contributed by atoms with E-state index in [1.807, 2.05) is 19.1 Å². The fourth-order valence-corrected chi connectivity index (χ4v) is 2.23. The first kappa shape index (κ1) is 15.8. The summed E-state index contributed by atoms with van der Waals surface area (Å²) in [6.07, 6.45) is 3.78. The Labute approximate surface area is 127 Å². The van der Waals surface area contributed by atoms with Gasteiger partial charge in [-0.3, -0.25) is 4.79 Å². The zero-order valence-electron chi connectivity index (χ0n) is 13.1. The molecule has 0 heterocycles. The van der Waals surface area contributed by atoms with E-state index in [9.17, 15) is 4.79 Å². The predicted molar refractivity (Wildman–Crippen MR) is 84.5 cm³/mol. The summed E-state index contributed by atoms with van der Waals surface area (Å²) in [5.41, 5.74) is 2.28. The monoisotopic (exact) mass is 290 g/mol. The number of amides is 1. The highest BCUT2D eigenvalue weighted by Crippen LogP contribution is 2.23. The third-order valence-corrected chi connectivity index (χ3v) is 3.55. The average Bonchev–Trinajstić information content (AvgIpc) is 3.26.